The molecule has 1 rings (SSSR count). The fourth-order valence-corrected chi connectivity index (χ4v) is 2.02. The van der Waals surface area contributed by atoms with E-state index in [9.17, 15) is 13.2 Å². The van der Waals surface area contributed by atoms with Crippen LogP contribution in [0.4, 0.5) is 0 Å². The maximum absolute atomic E-state index is 11.4. The van der Waals surface area contributed by atoms with Crippen LogP contribution < -0.4 is 10.4 Å². The van der Waals surface area contributed by atoms with Gasteiger partial charge in [-0.1, -0.05) is 4.89 Å². The van der Waals surface area contributed by atoms with Crippen molar-refractivity contribution in [1.82, 2.24) is 9.87 Å². The Balaban J connectivity index is 3.27. The van der Waals surface area contributed by atoms with E-state index < -0.39 is 10.0 Å². The van der Waals surface area contributed by atoms with Crippen molar-refractivity contribution in [2.24, 2.45) is 0 Å². The van der Waals surface area contributed by atoms with E-state index >= 15 is 0 Å². The minimum Gasteiger partial charge on any atom is -0.325 e. The number of aromatic nitrogens is 1. The lowest BCUT2D eigenvalue weighted by Crippen LogP contribution is -2.24. The van der Waals surface area contributed by atoms with Crippen LogP contribution >= 0.6 is 0 Å². The minimum atomic E-state index is -3.70. The number of pyridine rings is 1. The first kappa shape index (κ1) is 10.9. The zero-order valence-corrected chi connectivity index (χ0v) is 8.51. The van der Waals surface area contributed by atoms with Crippen molar-refractivity contribution in [3.63, 3.8) is 0 Å². The summed E-state index contributed by atoms with van der Waals surface area (Å²) in [7, 11) is -2.51. The average molecular weight is 218 g/mol. The monoisotopic (exact) mass is 218 g/mol. The second-order valence-corrected chi connectivity index (χ2v) is 4.22. The quantitative estimate of drug-likeness (QED) is 0.671. The van der Waals surface area contributed by atoms with Crippen LogP contribution in [-0.4, -0.2) is 20.5 Å². The summed E-state index contributed by atoms with van der Waals surface area (Å²) in [5.74, 6) is 0. The van der Waals surface area contributed by atoms with Crippen molar-refractivity contribution < 1.29 is 13.3 Å². The molecule has 78 valence electrons. The molecule has 0 aliphatic carbocycles. The van der Waals surface area contributed by atoms with Crippen LogP contribution in [0.5, 0.6) is 0 Å². The van der Waals surface area contributed by atoms with Crippen LogP contribution in [0.2, 0.25) is 0 Å². The van der Waals surface area contributed by atoms with E-state index in [1.165, 1.54) is 20.1 Å². The number of sulfonamides is 1. The highest BCUT2D eigenvalue weighted by atomic mass is 32.2. The van der Waals surface area contributed by atoms with Gasteiger partial charge in [-0.15, -0.1) is 0 Å². The molecule has 0 fully saturated rings. The fourth-order valence-electron chi connectivity index (χ4n) is 1.01. The Morgan fingerprint density at radius 2 is 2.07 bits per heavy atom. The van der Waals surface area contributed by atoms with Crippen LogP contribution in [0, 0.1) is 6.92 Å². The first-order valence-corrected chi connectivity index (χ1v) is 5.20. The van der Waals surface area contributed by atoms with Gasteiger partial charge in [-0.3, -0.25) is 9.63 Å². The fraction of sp³-hybridized carbons (Fsp3) is 0.286. The van der Waals surface area contributed by atoms with Crippen molar-refractivity contribution >= 4 is 10.0 Å². The topological polar surface area (TPSA) is 88.3 Å². The van der Waals surface area contributed by atoms with Gasteiger partial charge in [-0.25, -0.2) is 8.42 Å². The van der Waals surface area contributed by atoms with E-state index in [-0.39, 0.29) is 16.1 Å². The van der Waals surface area contributed by atoms with Gasteiger partial charge in [0.15, 0.2) is 0 Å². The van der Waals surface area contributed by atoms with Crippen LogP contribution in [-0.2, 0) is 14.9 Å². The highest BCUT2D eigenvalue weighted by Gasteiger charge is 2.16. The van der Waals surface area contributed by atoms with Gasteiger partial charge in [0.05, 0.1) is 7.11 Å². The molecule has 0 spiro atoms. The first-order valence-electron chi connectivity index (χ1n) is 3.72. The largest absolute Gasteiger partial charge is 0.325 e. The molecule has 1 aromatic rings. The molecule has 6 nitrogen and oxygen atoms in total. The summed E-state index contributed by atoms with van der Waals surface area (Å²) in [4.78, 5) is 19.3. The predicted molar refractivity (Wildman–Crippen MR) is 49.1 cm³/mol. The maximum Gasteiger partial charge on any atom is 0.264 e. The summed E-state index contributed by atoms with van der Waals surface area (Å²) in [6, 6.07) is 2.35. The van der Waals surface area contributed by atoms with Gasteiger partial charge >= 0.3 is 0 Å². The molecule has 1 heterocycles. The maximum atomic E-state index is 11.4. The van der Waals surface area contributed by atoms with Gasteiger partial charge in [0.1, 0.15) is 4.90 Å². The number of H-pyrrole nitrogens is 1. The Labute approximate surface area is 80.9 Å². The van der Waals surface area contributed by atoms with Crippen molar-refractivity contribution in [3.05, 3.63) is 28.2 Å². The molecule has 0 atom stereocenters. The molecule has 1 aromatic heterocycles. The molecule has 0 amide bonds. The van der Waals surface area contributed by atoms with Crippen LogP contribution in [0.3, 0.4) is 0 Å². The van der Waals surface area contributed by atoms with Gasteiger partial charge < -0.3 is 4.98 Å². The Hall–Kier alpha value is -1.18. The lowest BCUT2D eigenvalue weighted by atomic mass is 10.4. The third kappa shape index (κ3) is 2.19. The summed E-state index contributed by atoms with van der Waals surface area (Å²) >= 11 is 0. The molecule has 0 unspecified atom stereocenters. The highest BCUT2D eigenvalue weighted by Crippen LogP contribution is 2.09. The number of nitrogens with one attached hydrogen (secondary N) is 2. The normalized spacial score (nSPS) is 11.6. The average Bonchev–Trinajstić information content (AvgIpc) is 2.02. The van der Waals surface area contributed by atoms with Crippen LogP contribution in [0.1, 0.15) is 5.69 Å². The van der Waals surface area contributed by atoms with E-state index in [1.54, 1.807) is 0 Å². The molecule has 0 aliphatic rings. The third-order valence-corrected chi connectivity index (χ3v) is 2.96. The summed E-state index contributed by atoms with van der Waals surface area (Å²) in [6.45, 7) is 1.49. The molecule has 0 radical (unpaired) electrons. The van der Waals surface area contributed by atoms with Crippen molar-refractivity contribution in [3.8, 4) is 0 Å². The Morgan fingerprint density at radius 3 is 2.57 bits per heavy atom. The molecular formula is C7H10N2O4S. The highest BCUT2D eigenvalue weighted by molar-refractivity contribution is 7.89. The molecule has 0 aliphatic heterocycles. The van der Waals surface area contributed by atoms with E-state index in [1.807, 2.05) is 4.89 Å². The molecule has 0 aromatic carbocycles. The van der Waals surface area contributed by atoms with Crippen molar-refractivity contribution in [2.45, 2.75) is 11.8 Å². The Bertz CT molecular complexity index is 477. The smallest absolute Gasteiger partial charge is 0.264 e. The minimum absolute atomic E-state index is 0.0149. The summed E-state index contributed by atoms with van der Waals surface area (Å²) in [5.41, 5.74) is -0.0825. The van der Waals surface area contributed by atoms with Gasteiger partial charge in [0.2, 0.25) is 5.56 Å². The van der Waals surface area contributed by atoms with Crippen LogP contribution in [0.25, 0.3) is 0 Å². The molecule has 0 saturated carbocycles. The first-order chi connectivity index (χ1) is 6.47. The lowest BCUT2D eigenvalue weighted by Gasteiger charge is -2.05. The van der Waals surface area contributed by atoms with E-state index in [0.29, 0.717) is 0 Å². The molecule has 7 heteroatoms. The van der Waals surface area contributed by atoms with E-state index in [2.05, 4.69) is 9.82 Å². The summed E-state index contributed by atoms with van der Waals surface area (Å²) < 4.78 is 22.8. The number of rotatable bonds is 3. The third-order valence-electron chi connectivity index (χ3n) is 1.55. The number of aryl methyl sites for hydroxylation is 1. The van der Waals surface area contributed by atoms with Crippen molar-refractivity contribution in [1.29, 1.82) is 0 Å². The van der Waals surface area contributed by atoms with Crippen LogP contribution in [0.15, 0.2) is 21.8 Å². The zero-order valence-electron chi connectivity index (χ0n) is 7.70. The number of aromatic amines is 1. The number of hydrogen-bond donors (Lipinski definition) is 2. The zero-order chi connectivity index (χ0) is 10.8. The van der Waals surface area contributed by atoms with Gasteiger partial charge in [0.25, 0.3) is 10.0 Å². The molecule has 2 N–H and O–H groups in total. The summed E-state index contributed by atoms with van der Waals surface area (Å²) in [5, 5.41) is 0. The van der Waals surface area contributed by atoms with Gasteiger partial charge in [-0.05, 0) is 13.0 Å². The molecule has 0 bridgehead atoms. The predicted octanol–water partition coefficient (Wildman–Crippen LogP) is -0.477. The van der Waals surface area contributed by atoms with E-state index in [0.717, 1.165) is 6.07 Å². The van der Waals surface area contributed by atoms with Crippen molar-refractivity contribution in [2.75, 3.05) is 7.11 Å². The second kappa shape index (κ2) is 3.91. The SMILES string of the molecule is CONS(=O)(=O)c1ccc(=O)[nH]c1C. The second-order valence-electron chi connectivity index (χ2n) is 2.60. The Morgan fingerprint density at radius 1 is 1.43 bits per heavy atom. The van der Waals surface area contributed by atoms with Gasteiger partial charge in [0, 0.05) is 11.8 Å². The summed E-state index contributed by atoms with van der Waals surface area (Å²) in [6.07, 6.45) is 0. The molecule has 14 heavy (non-hydrogen) atoms. The molecular weight excluding hydrogens is 208 g/mol. The molecule has 0 saturated heterocycles. The lowest BCUT2D eigenvalue weighted by molar-refractivity contribution is 0.153. The standard InChI is InChI=1S/C7H10N2O4S/c1-5-6(3-4-7(10)8-5)14(11,12)9-13-2/h3-4,9H,1-2H3,(H,8,10). The Kier molecular flexibility index (Phi) is 3.04. The van der Waals surface area contributed by atoms with Gasteiger partial charge in [-0.2, -0.15) is 0 Å². The van der Waals surface area contributed by atoms with E-state index in [4.69, 9.17) is 0 Å². The number of hydrogen-bond acceptors (Lipinski definition) is 4.